The van der Waals surface area contributed by atoms with Gasteiger partial charge in [-0.3, -0.25) is 14.4 Å². The highest BCUT2D eigenvalue weighted by atomic mass is 16.2. The van der Waals surface area contributed by atoms with Crippen molar-refractivity contribution in [2.45, 2.75) is 84.2 Å². The maximum absolute atomic E-state index is 13.1. The van der Waals surface area contributed by atoms with Crippen LogP contribution in [0.15, 0.2) is 0 Å². The van der Waals surface area contributed by atoms with Crippen molar-refractivity contribution in [3.8, 4) is 0 Å². The highest BCUT2D eigenvalue weighted by molar-refractivity contribution is 5.92. The molecule has 1 saturated carbocycles. The summed E-state index contributed by atoms with van der Waals surface area (Å²) in [5, 5.41) is 0. The molecule has 2 amide bonds. The second kappa shape index (κ2) is 8.81. The molecule has 2 rings (SSSR count). The number of likely N-dealkylation sites (N-methyl/N-ethyl adjacent to an activating group) is 1. The summed E-state index contributed by atoms with van der Waals surface area (Å²) in [7, 11) is 1.72. The average Bonchev–Trinajstić information content (AvgIpc) is 3.07. The fourth-order valence-electron chi connectivity index (χ4n) is 4.30. The van der Waals surface area contributed by atoms with Crippen LogP contribution in [0.4, 0.5) is 0 Å². The van der Waals surface area contributed by atoms with Crippen LogP contribution in [0.2, 0.25) is 0 Å². The third-order valence-corrected chi connectivity index (χ3v) is 5.75. The van der Waals surface area contributed by atoms with Gasteiger partial charge in [-0.25, -0.2) is 0 Å². The molecular weight excluding hydrogens is 316 g/mol. The Morgan fingerprint density at radius 3 is 2.24 bits per heavy atom. The third-order valence-electron chi connectivity index (χ3n) is 5.75. The summed E-state index contributed by atoms with van der Waals surface area (Å²) in [6.07, 6.45) is 7.61. The van der Waals surface area contributed by atoms with Crippen molar-refractivity contribution in [2.75, 3.05) is 13.6 Å². The Bertz CT molecular complexity index is 497. The van der Waals surface area contributed by atoms with Crippen LogP contribution in [0.5, 0.6) is 0 Å². The Labute approximate surface area is 152 Å². The van der Waals surface area contributed by atoms with Gasteiger partial charge in [0.25, 0.3) is 0 Å². The number of carbonyl (C=O) groups excluding carboxylic acids is 3. The number of likely N-dealkylation sites (tertiary alicyclic amines) is 1. The molecule has 5 nitrogen and oxygen atoms in total. The van der Waals surface area contributed by atoms with Gasteiger partial charge in [0.05, 0.1) is 6.04 Å². The van der Waals surface area contributed by atoms with E-state index in [-0.39, 0.29) is 35.6 Å². The lowest BCUT2D eigenvalue weighted by atomic mass is 9.88. The molecule has 2 aliphatic rings. The van der Waals surface area contributed by atoms with E-state index in [1.165, 1.54) is 6.42 Å². The Morgan fingerprint density at radius 2 is 1.68 bits per heavy atom. The van der Waals surface area contributed by atoms with Gasteiger partial charge in [-0.05, 0) is 44.9 Å². The normalized spacial score (nSPS) is 22.9. The summed E-state index contributed by atoms with van der Waals surface area (Å²) in [6.45, 7) is 6.34. The van der Waals surface area contributed by atoms with Crippen LogP contribution in [-0.2, 0) is 14.4 Å². The second-order valence-electron chi connectivity index (χ2n) is 8.23. The lowest BCUT2D eigenvalue weighted by molar-refractivity contribution is -0.148. The zero-order valence-electron chi connectivity index (χ0n) is 16.3. The third kappa shape index (κ3) is 4.83. The monoisotopic (exact) mass is 350 g/mol. The summed E-state index contributed by atoms with van der Waals surface area (Å²) in [6, 6.07) is -0.770. The van der Waals surface area contributed by atoms with Crippen LogP contribution in [0.25, 0.3) is 0 Å². The predicted octanol–water partition coefficient (Wildman–Crippen LogP) is 3.02. The zero-order valence-corrected chi connectivity index (χ0v) is 16.3. The van der Waals surface area contributed by atoms with E-state index in [4.69, 9.17) is 0 Å². The summed E-state index contributed by atoms with van der Waals surface area (Å²) >= 11 is 0. The number of hydrogen-bond acceptors (Lipinski definition) is 3. The Hall–Kier alpha value is -1.39. The minimum Gasteiger partial charge on any atom is -0.334 e. The van der Waals surface area contributed by atoms with Crippen molar-refractivity contribution < 1.29 is 14.4 Å². The molecule has 0 aromatic carbocycles. The Kier molecular flexibility index (Phi) is 7.03. The number of ketones is 1. The zero-order chi connectivity index (χ0) is 18.6. The van der Waals surface area contributed by atoms with E-state index in [0.717, 1.165) is 32.1 Å². The van der Waals surface area contributed by atoms with Crippen molar-refractivity contribution in [1.29, 1.82) is 0 Å². The van der Waals surface area contributed by atoms with E-state index in [2.05, 4.69) is 13.8 Å². The molecule has 0 bridgehead atoms. The van der Waals surface area contributed by atoms with Gasteiger partial charge < -0.3 is 9.80 Å². The van der Waals surface area contributed by atoms with Crippen LogP contribution in [0, 0.1) is 11.8 Å². The van der Waals surface area contributed by atoms with E-state index >= 15 is 0 Å². The fourth-order valence-corrected chi connectivity index (χ4v) is 4.30. The van der Waals surface area contributed by atoms with Gasteiger partial charge in [-0.1, -0.05) is 33.1 Å². The van der Waals surface area contributed by atoms with Crippen LogP contribution < -0.4 is 0 Å². The number of Topliss-reactive ketones (excluding diaryl/α,β-unsaturated/α-hetero) is 1. The largest absolute Gasteiger partial charge is 0.334 e. The van der Waals surface area contributed by atoms with E-state index in [0.29, 0.717) is 25.3 Å². The molecular formula is C20H34N2O3. The van der Waals surface area contributed by atoms with Crippen molar-refractivity contribution in [3.05, 3.63) is 0 Å². The molecule has 2 atom stereocenters. The molecule has 0 unspecified atom stereocenters. The van der Waals surface area contributed by atoms with Gasteiger partial charge >= 0.3 is 0 Å². The van der Waals surface area contributed by atoms with Gasteiger partial charge in [0.2, 0.25) is 11.8 Å². The summed E-state index contributed by atoms with van der Waals surface area (Å²) in [4.78, 5) is 41.4. The topological polar surface area (TPSA) is 57.7 Å². The SMILES string of the molecule is CC(=O)[C@@H](CC(C)C)N(C)C(=O)[C@@H]1CCCN1C(=O)C1CCCCC1. The molecule has 1 heterocycles. The van der Waals surface area contributed by atoms with Gasteiger partial charge in [-0.2, -0.15) is 0 Å². The maximum Gasteiger partial charge on any atom is 0.245 e. The summed E-state index contributed by atoms with van der Waals surface area (Å²) < 4.78 is 0. The smallest absolute Gasteiger partial charge is 0.245 e. The van der Waals surface area contributed by atoms with E-state index in [1.54, 1.807) is 23.8 Å². The van der Waals surface area contributed by atoms with Crippen LogP contribution in [0.3, 0.4) is 0 Å². The first-order valence-electron chi connectivity index (χ1n) is 9.90. The highest BCUT2D eigenvalue weighted by Gasteiger charge is 2.40. The Balaban J connectivity index is 2.07. The van der Waals surface area contributed by atoms with Crippen LogP contribution >= 0.6 is 0 Å². The minimum atomic E-state index is -0.389. The molecule has 2 fully saturated rings. The summed E-state index contributed by atoms with van der Waals surface area (Å²) in [5.41, 5.74) is 0. The molecule has 5 heteroatoms. The molecule has 1 aliphatic heterocycles. The maximum atomic E-state index is 13.1. The quantitative estimate of drug-likeness (QED) is 0.740. The highest BCUT2D eigenvalue weighted by Crippen LogP contribution is 2.29. The lowest BCUT2D eigenvalue weighted by Crippen LogP contribution is -2.52. The minimum absolute atomic E-state index is 0.0210. The molecule has 0 spiro atoms. The molecule has 25 heavy (non-hydrogen) atoms. The van der Waals surface area contributed by atoms with Gasteiger partial charge in [0.1, 0.15) is 6.04 Å². The van der Waals surface area contributed by atoms with E-state index in [9.17, 15) is 14.4 Å². The lowest BCUT2D eigenvalue weighted by Gasteiger charge is -2.34. The van der Waals surface area contributed by atoms with E-state index < -0.39 is 0 Å². The molecule has 0 N–H and O–H groups in total. The van der Waals surface area contributed by atoms with Crippen LogP contribution in [0.1, 0.15) is 72.1 Å². The molecule has 0 radical (unpaired) electrons. The molecule has 142 valence electrons. The molecule has 1 aliphatic carbocycles. The van der Waals surface area contributed by atoms with Gasteiger partial charge in [0.15, 0.2) is 5.78 Å². The van der Waals surface area contributed by atoms with Crippen molar-refractivity contribution in [3.63, 3.8) is 0 Å². The predicted molar refractivity (Wildman–Crippen MR) is 98.0 cm³/mol. The van der Waals surface area contributed by atoms with E-state index in [1.807, 2.05) is 0 Å². The number of carbonyl (C=O) groups is 3. The fraction of sp³-hybridized carbons (Fsp3) is 0.850. The van der Waals surface area contributed by atoms with Gasteiger partial charge in [-0.15, -0.1) is 0 Å². The number of hydrogen-bond donors (Lipinski definition) is 0. The first-order valence-corrected chi connectivity index (χ1v) is 9.90. The average molecular weight is 351 g/mol. The first kappa shape index (κ1) is 19.9. The molecule has 0 aromatic rings. The first-order chi connectivity index (χ1) is 11.8. The molecule has 1 saturated heterocycles. The van der Waals surface area contributed by atoms with Gasteiger partial charge in [0, 0.05) is 19.5 Å². The van der Waals surface area contributed by atoms with Crippen molar-refractivity contribution in [1.82, 2.24) is 9.80 Å². The summed E-state index contributed by atoms with van der Waals surface area (Å²) in [5.74, 6) is 0.543. The number of rotatable bonds is 6. The number of nitrogens with zero attached hydrogens (tertiary/aromatic N) is 2. The van der Waals surface area contributed by atoms with Crippen molar-refractivity contribution in [2.24, 2.45) is 11.8 Å². The van der Waals surface area contributed by atoms with Crippen LogP contribution in [-0.4, -0.2) is 53.1 Å². The van der Waals surface area contributed by atoms with Crippen molar-refractivity contribution >= 4 is 17.6 Å². The number of amides is 2. The molecule has 0 aromatic heterocycles. The Morgan fingerprint density at radius 1 is 1.04 bits per heavy atom. The standard InChI is InChI=1S/C20H34N2O3/c1-14(2)13-18(15(3)23)21(4)20(25)17-11-8-12-22(17)19(24)16-9-6-5-7-10-16/h14,16-18H,5-13H2,1-4H3/t17-,18+/m0/s1. The second-order valence-corrected chi connectivity index (χ2v) is 8.23.